The van der Waals surface area contributed by atoms with Gasteiger partial charge in [-0.15, -0.1) is 0 Å². The van der Waals surface area contributed by atoms with Crippen molar-refractivity contribution in [2.24, 2.45) is 7.05 Å². The normalized spacial score (nSPS) is 18.6. The highest BCUT2D eigenvalue weighted by Gasteiger charge is 2.29. The molecule has 0 bridgehead atoms. The Balaban J connectivity index is 1.54. The van der Waals surface area contributed by atoms with Crippen molar-refractivity contribution in [1.82, 2.24) is 24.8 Å². The molecule has 4 rings (SSSR count). The smallest absolute Gasteiger partial charge is 0.261 e. The Morgan fingerprint density at radius 3 is 2.88 bits per heavy atom. The molecule has 1 fully saturated rings. The molecule has 1 unspecified atom stereocenters. The van der Waals surface area contributed by atoms with Crippen LogP contribution in [0.4, 0.5) is 0 Å². The molecular weight excluding hydrogens is 342 g/mol. The molecule has 8 heteroatoms. The minimum Gasteiger partial charge on any atom is -0.378 e. The number of hydrogen-bond donors (Lipinski definition) is 0. The van der Waals surface area contributed by atoms with Gasteiger partial charge < -0.3 is 9.26 Å². The monoisotopic (exact) mass is 359 g/mol. The summed E-state index contributed by atoms with van der Waals surface area (Å²) >= 11 is 5.97. The molecule has 1 saturated heterocycles. The summed E-state index contributed by atoms with van der Waals surface area (Å²) in [7, 11) is 1.85. The molecule has 0 N–H and O–H groups in total. The first-order valence-electron chi connectivity index (χ1n) is 8.08. The van der Waals surface area contributed by atoms with Crippen LogP contribution in [0, 0.1) is 0 Å². The van der Waals surface area contributed by atoms with Gasteiger partial charge in [0.1, 0.15) is 0 Å². The van der Waals surface area contributed by atoms with E-state index >= 15 is 0 Å². The molecular formula is C17H18ClN5O2. The third kappa shape index (κ3) is 3.58. The summed E-state index contributed by atoms with van der Waals surface area (Å²) in [5.74, 6) is 1.10. The summed E-state index contributed by atoms with van der Waals surface area (Å²) in [5, 5.41) is 9.04. The number of halogens is 1. The Morgan fingerprint density at radius 2 is 2.12 bits per heavy atom. The van der Waals surface area contributed by atoms with Gasteiger partial charge in [-0.2, -0.15) is 10.1 Å². The maximum absolute atomic E-state index is 5.97. The Hall–Kier alpha value is -2.22. The Kier molecular flexibility index (Phi) is 4.52. The highest BCUT2D eigenvalue weighted by molar-refractivity contribution is 6.30. The summed E-state index contributed by atoms with van der Waals surface area (Å²) in [6.07, 6.45) is 3.56. The first-order valence-corrected chi connectivity index (χ1v) is 8.46. The van der Waals surface area contributed by atoms with Crippen LogP contribution in [0.1, 0.15) is 17.4 Å². The van der Waals surface area contributed by atoms with Gasteiger partial charge in [-0.3, -0.25) is 9.58 Å². The van der Waals surface area contributed by atoms with Crippen molar-refractivity contribution in [1.29, 1.82) is 0 Å². The lowest BCUT2D eigenvalue weighted by Crippen LogP contribution is -2.39. The Labute approximate surface area is 150 Å². The second kappa shape index (κ2) is 6.95. The van der Waals surface area contributed by atoms with Crippen LogP contribution in [-0.4, -0.2) is 44.6 Å². The summed E-state index contributed by atoms with van der Waals surface area (Å²) in [4.78, 5) is 6.85. The largest absolute Gasteiger partial charge is 0.378 e. The number of hydrogen-bond acceptors (Lipinski definition) is 6. The SMILES string of the molecule is Cn1cc(-c2nc(C3COCCN3Cc3ccc(Cl)cc3)no2)cn1. The number of rotatable bonds is 4. The van der Waals surface area contributed by atoms with E-state index in [9.17, 15) is 0 Å². The first-order chi connectivity index (χ1) is 12.2. The first kappa shape index (κ1) is 16.3. The van der Waals surface area contributed by atoms with E-state index in [1.54, 1.807) is 10.9 Å². The molecule has 7 nitrogen and oxygen atoms in total. The van der Waals surface area contributed by atoms with Gasteiger partial charge in [0.15, 0.2) is 5.82 Å². The third-order valence-corrected chi connectivity index (χ3v) is 4.48. The van der Waals surface area contributed by atoms with E-state index in [2.05, 4.69) is 20.1 Å². The minimum atomic E-state index is -0.0430. The number of morpholine rings is 1. The molecule has 0 amide bonds. The molecule has 1 aliphatic rings. The molecule has 1 aliphatic heterocycles. The van der Waals surface area contributed by atoms with Crippen molar-refractivity contribution in [3.05, 3.63) is 53.1 Å². The molecule has 0 aliphatic carbocycles. The lowest BCUT2D eigenvalue weighted by atomic mass is 10.1. The zero-order valence-corrected chi connectivity index (χ0v) is 14.6. The van der Waals surface area contributed by atoms with Crippen LogP contribution < -0.4 is 0 Å². The molecule has 130 valence electrons. The molecule has 3 heterocycles. The Bertz CT molecular complexity index is 845. The third-order valence-electron chi connectivity index (χ3n) is 4.23. The van der Waals surface area contributed by atoms with Crippen molar-refractivity contribution in [2.45, 2.75) is 12.6 Å². The molecule has 0 spiro atoms. The Morgan fingerprint density at radius 1 is 1.28 bits per heavy atom. The fourth-order valence-electron chi connectivity index (χ4n) is 2.91. The summed E-state index contributed by atoms with van der Waals surface area (Å²) in [6.45, 7) is 2.82. The quantitative estimate of drug-likeness (QED) is 0.713. The molecule has 1 aromatic carbocycles. The molecule has 0 radical (unpaired) electrons. The zero-order chi connectivity index (χ0) is 17.2. The highest BCUT2D eigenvalue weighted by atomic mass is 35.5. The van der Waals surface area contributed by atoms with Gasteiger partial charge in [-0.1, -0.05) is 28.9 Å². The average Bonchev–Trinajstić information content (AvgIpc) is 3.26. The fourth-order valence-corrected chi connectivity index (χ4v) is 3.03. The number of aryl methyl sites for hydroxylation is 1. The van der Waals surface area contributed by atoms with E-state index in [0.717, 1.165) is 23.7 Å². The van der Waals surface area contributed by atoms with Crippen LogP contribution in [0.25, 0.3) is 11.5 Å². The van der Waals surface area contributed by atoms with Gasteiger partial charge in [-0.25, -0.2) is 0 Å². The van der Waals surface area contributed by atoms with E-state index in [-0.39, 0.29) is 6.04 Å². The van der Waals surface area contributed by atoms with Gasteiger partial charge in [0, 0.05) is 31.4 Å². The second-order valence-corrected chi connectivity index (χ2v) is 6.48. The summed E-state index contributed by atoms with van der Waals surface area (Å²) < 4.78 is 12.8. The van der Waals surface area contributed by atoms with Crippen LogP contribution in [0.2, 0.25) is 5.02 Å². The number of ether oxygens (including phenoxy) is 1. The minimum absolute atomic E-state index is 0.0430. The van der Waals surface area contributed by atoms with Crippen LogP contribution in [0.15, 0.2) is 41.2 Å². The van der Waals surface area contributed by atoms with Crippen LogP contribution in [0.5, 0.6) is 0 Å². The van der Waals surface area contributed by atoms with Gasteiger partial charge >= 0.3 is 0 Å². The number of aromatic nitrogens is 4. The van der Waals surface area contributed by atoms with Crippen molar-refractivity contribution in [3.63, 3.8) is 0 Å². The standard InChI is InChI=1S/C17H18ClN5O2/c1-22-10-13(8-19-22)17-20-16(21-25-17)15-11-24-7-6-23(15)9-12-2-4-14(18)5-3-12/h2-5,8,10,15H,6-7,9,11H2,1H3. The maximum atomic E-state index is 5.97. The molecule has 25 heavy (non-hydrogen) atoms. The van der Waals surface area contributed by atoms with Gasteiger partial charge in [0.05, 0.1) is 31.0 Å². The summed E-state index contributed by atoms with van der Waals surface area (Å²) in [5.41, 5.74) is 1.99. The summed E-state index contributed by atoms with van der Waals surface area (Å²) in [6, 6.07) is 7.83. The molecule has 2 aromatic heterocycles. The zero-order valence-electron chi connectivity index (χ0n) is 13.8. The van der Waals surface area contributed by atoms with Gasteiger partial charge in [0.2, 0.25) is 0 Å². The molecule has 3 aromatic rings. The molecule has 1 atom stereocenters. The fraction of sp³-hybridized carbons (Fsp3) is 0.353. The van der Waals surface area contributed by atoms with Crippen molar-refractivity contribution < 1.29 is 9.26 Å². The van der Waals surface area contributed by atoms with Gasteiger partial charge in [-0.05, 0) is 17.7 Å². The predicted octanol–water partition coefficient (Wildman–Crippen LogP) is 2.70. The predicted molar refractivity (Wildman–Crippen MR) is 91.9 cm³/mol. The van der Waals surface area contributed by atoms with Crippen LogP contribution in [0.3, 0.4) is 0 Å². The van der Waals surface area contributed by atoms with E-state index < -0.39 is 0 Å². The van der Waals surface area contributed by atoms with E-state index in [1.807, 2.05) is 37.5 Å². The van der Waals surface area contributed by atoms with E-state index in [1.165, 1.54) is 5.56 Å². The van der Waals surface area contributed by atoms with Crippen molar-refractivity contribution in [2.75, 3.05) is 19.8 Å². The average molecular weight is 360 g/mol. The van der Waals surface area contributed by atoms with Crippen molar-refractivity contribution in [3.8, 4) is 11.5 Å². The topological polar surface area (TPSA) is 69.2 Å². The van der Waals surface area contributed by atoms with Crippen LogP contribution in [-0.2, 0) is 18.3 Å². The lowest BCUT2D eigenvalue weighted by molar-refractivity contribution is -0.0166. The second-order valence-electron chi connectivity index (χ2n) is 6.05. The highest BCUT2D eigenvalue weighted by Crippen LogP contribution is 2.26. The van der Waals surface area contributed by atoms with Crippen LogP contribution >= 0.6 is 11.6 Å². The number of nitrogens with zero attached hydrogens (tertiary/aromatic N) is 5. The van der Waals surface area contributed by atoms with Crippen molar-refractivity contribution >= 4 is 11.6 Å². The van der Waals surface area contributed by atoms with E-state index in [0.29, 0.717) is 24.9 Å². The maximum Gasteiger partial charge on any atom is 0.261 e. The molecule has 0 saturated carbocycles. The van der Waals surface area contributed by atoms with E-state index in [4.69, 9.17) is 20.9 Å². The lowest BCUT2D eigenvalue weighted by Gasteiger charge is -2.33. The number of benzene rings is 1. The van der Waals surface area contributed by atoms with Gasteiger partial charge in [0.25, 0.3) is 5.89 Å².